The van der Waals surface area contributed by atoms with Gasteiger partial charge in [-0.25, -0.2) is 8.42 Å². The Hall–Kier alpha value is -1.56. The molecule has 146 valence electrons. The lowest BCUT2D eigenvalue weighted by Crippen LogP contribution is -2.45. The van der Waals surface area contributed by atoms with E-state index in [0.29, 0.717) is 22.9 Å². The molecular formula is C21H26ClNO3S. The number of likely N-dealkylation sites (tertiary alicyclic amines) is 1. The van der Waals surface area contributed by atoms with E-state index in [0.717, 1.165) is 38.8 Å². The summed E-state index contributed by atoms with van der Waals surface area (Å²) in [5.41, 5.74) is 0. The average Bonchev–Trinajstić information content (AvgIpc) is 2.68. The van der Waals surface area contributed by atoms with Gasteiger partial charge >= 0.3 is 0 Å². The number of piperidine rings is 1. The molecule has 1 fully saturated rings. The fourth-order valence-corrected chi connectivity index (χ4v) is 5.63. The van der Waals surface area contributed by atoms with Crippen LogP contribution in [0.4, 0.5) is 0 Å². The smallest absolute Gasteiger partial charge is 0.198 e. The molecule has 0 saturated carbocycles. The molecule has 2 aromatic carbocycles. The third kappa shape index (κ3) is 4.84. The second-order valence-electron chi connectivity index (χ2n) is 6.89. The summed E-state index contributed by atoms with van der Waals surface area (Å²) in [5, 5.41) is 0.129. The Bertz CT molecular complexity index is 852. The third-order valence-electron chi connectivity index (χ3n) is 4.91. The molecule has 1 heterocycles. The molecule has 27 heavy (non-hydrogen) atoms. The van der Waals surface area contributed by atoms with Crippen LogP contribution in [0.15, 0.2) is 53.4 Å². The van der Waals surface area contributed by atoms with Crippen molar-refractivity contribution in [3.8, 4) is 11.5 Å². The predicted octanol–water partition coefficient (Wildman–Crippen LogP) is 5.52. The van der Waals surface area contributed by atoms with E-state index in [-0.39, 0.29) is 4.90 Å². The lowest BCUT2D eigenvalue weighted by atomic mass is 10.1. The molecular weight excluding hydrogens is 382 g/mol. The van der Waals surface area contributed by atoms with Crippen LogP contribution < -0.4 is 4.74 Å². The molecule has 1 aliphatic heterocycles. The first-order chi connectivity index (χ1) is 13.0. The van der Waals surface area contributed by atoms with Gasteiger partial charge in [0.1, 0.15) is 21.8 Å². The summed E-state index contributed by atoms with van der Waals surface area (Å²) >= 11 is 5.92. The first-order valence-electron chi connectivity index (χ1n) is 9.53. The van der Waals surface area contributed by atoms with Crippen LogP contribution in [-0.4, -0.2) is 31.8 Å². The van der Waals surface area contributed by atoms with Crippen molar-refractivity contribution in [2.24, 2.45) is 0 Å². The Balaban J connectivity index is 1.90. The Morgan fingerprint density at radius 1 is 1.11 bits per heavy atom. The van der Waals surface area contributed by atoms with Gasteiger partial charge in [0, 0.05) is 5.02 Å². The zero-order chi connectivity index (χ0) is 19.3. The minimum absolute atomic E-state index is 0.258. The van der Waals surface area contributed by atoms with Crippen molar-refractivity contribution in [1.29, 1.82) is 0 Å². The van der Waals surface area contributed by atoms with E-state index in [1.807, 2.05) is 0 Å². The molecule has 0 radical (unpaired) electrons. The summed E-state index contributed by atoms with van der Waals surface area (Å²) < 4.78 is 32.9. The fraction of sp³-hybridized carbons (Fsp3) is 0.429. The van der Waals surface area contributed by atoms with Crippen LogP contribution in [0.2, 0.25) is 5.02 Å². The zero-order valence-electron chi connectivity index (χ0n) is 15.6. The first-order valence-corrected chi connectivity index (χ1v) is 11.4. The molecule has 0 N–H and O–H groups in total. The summed E-state index contributed by atoms with van der Waals surface area (Å²) in [5.74, 6) is 0.925. The van der Waals surface area contributed by atoms with Gasteiger partial charge < -0.3 is 4.74 Å². The summed E-state index contributed by atoms with van der Waals surface area (Å²) in [7, 11) is -3.53. The van der Waals surface area contributed by atoms with Crippen molar-refractivity contribution in [1.82, 2.24) is 4.90 Å². The van der Waals surface area contributed by atoms with Gasteiger partial charge in [-0.15, -0.1) is 0 Å². The van der Waals surface area contributed by atoms with Crippen LogP contribution in [0.25, 0.3) is 0 Å². The minimum Gasteiger partial charge on any atom is -0.456 e. The highest BCUT2D eigenvalue weighted by Crippen LogP contribution is 2.34. The number of nitrogens with zero attached hydrogens (tertiary/aromatic N) is 1. The van der Waals surface area contributed by atoms with Crippen molar-refractivity contribution in [2.75, 3.05) is 13.1 Å². The molecule has 0 aromatic heterocycles. The van der Waals surface area contributed by atoms with Crippen molar-refractivity contribution in [3.05, 3.63) is 53.6 Å². The van der Waals surface area contributed by atoms with Crippen molar-refractivity contribution in [2.45, 2.75) is 49.3 Å². The normalized spacial score (nSPS) is 18.4. The summed E-state index contributed by atoms with van der Waals surface area (Å²) in [6.45, 7) is 3.79. The maximum Gasteiger partial charge on any atom is 0.198 e. The van der Waals surface area contributed by atoms with Crippen LogP contribution in [0.5, 0.6) is 11.5 Å². The van der Waals surface area contributed by atoms with Gasteiger partial charge in [0.25, 0.3) is 0 Å². The molecule has 2 aromatic rings. The van der Waals surface area contributed by atoms with Gasteiger partial charge in [0.2, 0.25) is 0 Å². The van der Waals surface area contributed by atoms with Crippen LogP contribution in [-0.2, 0) is 9.84 Å². The number of rotatable bonds is 7. The monoisotopic (exact) mass is 407 g/mol. The number of halogens is 1. The molecule has 1 unspecified atom stereocenters. The highest BCUT2D eigenvalue weighted by molar-refractivity contribution is 7.92. The Morgan fingerprint density at radius 2 is 1.85 bits per heavy atom. The molecule has 1 saturated heterocycles. The molecule has 4 nitrogen and oxygen atoms in total. The topological polar surface area (TPSA) is 46.6 Å². The largest absolute Gasteiger partial charge is 0.456 e. The maximum atomic E-state index is 13.5. The van der Waals surface area contributed by atoms with E-state index in [1.165, 1.54) is 0 Å². The molecule has 0 aliphatic carbocycles. The SMILES string of the molecule is CCCCN1CCCCC1S(=O)(=O)c1ccccc1Oc1ccc(Cl)cc1. The summed E-state index contributed by atoms with van der Waals surface area (Å²) in [6.07, 6.45) is 4.72. The average molecular weight is 408 g/mol. The van der Waals surface area contributed by atoms with E-state index in [1.54, 1.807) is 48.5 Å². The number of unbranched alkanes of at least 4 members (excludes halogenated alkanes) is 1. The lowest BCUT2D eigenvalue weighted by molar-refractivity contribution is 0.195. The van der Waals surface area contributed by atoms with Crippen LogP contribution in [0.3, 0.4) is 0 Å². The molecule has 3 rings (SSSR count). The summed E-state index contributed by atoms with van der Waals surface area (Å²) in [6, 6.07) is 13.8. The highest BCUT2D eigenvalue weighted by atomic mass is 35.5. The number of para-hydroxylation sites is 1. The van der Waals surface area contributed by atoms with Gasteiger partial charge in [0.15, 0.2) is 9.84 Å². The Kier molecular flexibility index (Phi) is 6.79. The van der Waals surface area contributed by atoms with Gasteiger partial charge in [-0.1, -0.05) is 37.1 Å². The minimum atomic E-state index is -3.53. The quantitative estimate of drug-likeness (QED) is 0.606. The zero-order valence-corrected chi connectivity index (χ0v) is 17.2. The van der Waals surface area contributed by atoms with Crippen molar-refractivity contribution >= 4 is 21.4 Å². The molecule has 6 heteroatoms. The lowest BCUT2D eigenvalue weighted by Gasteiger charge is -2.35. The highest BCUT2D eigenvalue weighted by Gasteiger charge is 2.36. The number of hydrogen-bond donors (Lipinski definition) is 0. The van der Waals surface area contributed by atoms with Gasteiger partial charge in [0.05, 0.1) is 0 Å². The van der Waals surface area contributed by atoms with Crippen LogP contribution >= 0.6 is 11.6 Å². The van der Waals surface area contributed by atoms with Gasteiger partial charge in [-0.2, -0.15) is 0 Å². The third-order valence-corrected chi connectivity index (χ3v) is 7.36. The van der Waals surface area contributed by atoms with Crippen molar-refractivity contribution < 1.29 is 13.2 Å². The number of ether oxygens (including phenoxy) is 1. The number of benzene rings is 2. The van der Waals surface area contributed by atoms with E-state index in [9.17, 15) is 8.42 Å². The van der Waals surface area contributed by atoms with Crippen molar-refractivity contribution in [3.63, 3.8) is 0 Å². The second kappa shape index (κ2) is 9.09. The standard InChI is InChI=1S/C21H26ClNO3S/c1-2-3-15-23-16-7-6-10-21(23)27(24,25)20-9-5-4-8-19(20)26-18-13-11-17(22)12-14-18/h4-5,8-9,11-14,21H,2-3,6-7,10,15-16H2,1H3. The predicted molar refractivity (Wildman–Crippen MR) is 109 cm³/mol. The molecule has 0 bridgehead atoms. The Morgan fingerprint density at radius 3 is 2.59 bits per heavy atom. The van der Waals surface area contributed by atoms with E-state index in [2.05, 4.69) is 11.8 Å². The first kappa shape index (κ1) is 20.2. The maximum absolute atomic E-state index is 13.5. The van der Waals surface area contributed by atoms with E-state index in [4.69, 9.17) is 16.3 Å². The summed E-state index contributed by atoms with van der Waals surface area (Å²) in [4.78, 5) is 2.38. The number of sulfone groups is 1. The Labute approximate surface area is 167 Å². The van der Waals surface area contributed by atoms with E-state index < -0.39 is 15.2 Å². The van der Waals surface area contributed by atoms with Gasteiger partial charge in [-0.3, -0.25) is 4.90 Å². The molecule has 1 aliphatic rings. The molecule has 1 atom stereocenters. The van der Waals surface area contributed by atoms with Gasteiger partial charge in [-0.05, 0) is 75.2 Å². The number of hydrogen-bond acceptors (Lipinski definition) is 4. The van der Waals surface area contributed by atoms with E-state index >= 15 is 0 Å². The second-order valence-corrected chi connectivity index (χ2v) is 9.40. The fourth-order valence-electron chi connectivity index (χ4n) is 3.47. The van der Waals surface area contributed by atoms with Crippen LogP contribution in [0, 0.1) is 0 Å². The molecule has 0 spiro atoms. The molecule has 0 amide bonds. The van der Waals surface area contributed by atoms with Crippen LogP contribution in [0.1, 0.15) is 39.0 Å².